The Bertz CT molecular complexity index is 569. The van der Waals surface area contributed by atoms with E-state index in [0.29, 0.717) is 11.8 Å². The molecule has 1 aromatic rings. The van der Waals surface area contributed by atoms with Gasteiger partial charge >= 0.3 is 0 Å². The standard InChI is InChI=1S/C19H29NO2/c1-13(22-5)12-20-9-8-19(4)16-7-6-15(21)10-14(16)11-17(20)18(19,2)3/h6-7,10,13,17,21H,8-9,11-12H2,1-5H3/t13-,17-,19-/m0/s1. The van der Waals surface area contributed by atoms with Crippen LogP contribution in [0, 0.1) is 5.41 Å². The molecule has 1 aliphatic carbocycles. The van der Waals surface area contributed by atoms with Crippen molar-refractivity contribution in [3.8, 4) is 5.75 Å². The number of likely N-dealkylation sites (tertiary alicyclic amines) is 1. The van der Waals surface area contributed by atoms with Crippen molar-refractivity contribution in [1.29, 1.82) is 0 Å². The van der Waals surface area contributed by atoms with Crippen LogP contribution in [0.5, 0.6) is 5.75 Å². The molecule has 122 valence electrons. The van der Waals surface area contributed by atoms with Crippen LogP contribution >= 0.6 is 0 Å². The zero-order valence-electron chi connectivity index (χ0n) is 14.5. The van der Waals surface area contributed by atoms with Gasteiger partial charge in [-0.3, -0.25) is 4.90 Å². The third kappa shape index (κ3) is 2.17. The van der Waals surface area contributed by atoms with Gasteiger partial charge in [0.15, 0.2) is 0 Å². The average Bonchev–Trinajstić information content (AvgIpc) is 2.45. The number of hydrogen-bond donors (Lipinski definition) is 1. The molecule has 1 aromatic carbocycles. The lowest BCUT2D eigenvalue weighted by Gasteiger charge is -2.61. The number of benzene rings is 1. The van der Waals surface area contributed by atoms with E-state index < -0.39 is 0 Å². The van der Waals surface area contributed by atoms with Gasteiger partial charge in [-0.05, 0) is 55.0 Å². The summed E-state index contributed by atoms with van der Waals surface area (Å²) in [6.07, 6.45) is 2.43. The van der Waals surface area contributed by atoms with E-state index in [4.69, 9.17) is 4.74 Å². The molecule has 0 unspecified atom stereocenters. The summed E-state index contributed by atoms with van der Waals surface area (Å²) in [4.78, 5) is 2.60. The fourth-order valence-corrected chi connectivity index (χ4v) is 4.65. The molecule has 0 amide bonds. The van der Waals surface area contributed by atoms with Crippen molar-refractivity contribution >= 4 is 0 Å². The van der Waals surface area contributed by atoms with Crippen molar-refractivity contribution < 1.29 is 9.84 Å². The van der Waals surface area contributed by atoms with Crippen molar-refractivity contribution in [2.24, 2.45) is 5.41 Å². The van der Waals surface area contributed by atoms with Gasteiger partial charge < -0.3 is 9.84 Å². The van der Waals surface area contributed by atoms with Gasteiger partial charge in [0.25, 0.3) is 0 Å². The number of phenolic OH excluding ortho intramolecular Hbond substituents is 1. The number of phenols is 1. The predicted molar refractivity (Wildman–Crippen MR) is 89.4 cm³/mol. The quantitative estimate of drug-likeness (QED) is 0.929. The molecule has 1 heterocycles. The number of ether oxygens (including phenoxy) is 1. The smallest absolute Gasteiger partial charge is 0.115 e. The minimum Gasteiger partial charge on any atom is -0.508 e. The second-order valence-corrected chi connectivity index (χ2v) is 7.91. The molecular weight excluding hydrogens is 274 g/mol. The van der Waals surface area contributed by atoms with E-state index >= 15 is 0 Å². The van der Waals surface area contributed by atoms with E-state index in [9.17, 15) is 5.11 Å². The lowest BCUT2D eigenvalue weighted by atomic mass is 9.51. The molecule has 1 fully saturated rings. The van der Waals surface area contributed by atoms with Crippen LogP contribution in [0.25, 0.3) is 0 Å². The molecule has 3 atom stereocenters. The maximum absolute atomic E-state index is 9.88. The van der Waals surface area contributed by atoms with Crippen molar-refractivity contribution in [1.82, 2.24) is 4.90 Å². The zero-order chi connectivity index (χ0) is 16.1. The van der Waals surface area contributed by atoms with Gasteiger partial charge in [0.1, 0.15) is 5.75 Å². The molecule has 2 bridgehead atoms. The molecule has 3 heteroatoms. The molecule has 1 saturated heterocycles. The summed E-state index contributed by atoms with van der Waals surface area (Å²) in [5.74, 6) is 0.386. The second-order valence-electron chi connectivity index (χ2n) is 7.91. The highest BCUT2D eigenvalue weighted by molar-refractivity contribution is 5.45. The van der Waals surface area contributed by atoms with Gasteiger partial charge in [0.05, 0.1) is 6.10 Å². The number of fused-ring (bicyclic) bond motifs is 4. The van der Waals surface area contributed by atoms with E-state index in [2.05, 4.69) is 38.7 Å². The number of hydrogen-bond acceptors (Lipinski definition) is 3. The molecule has 3 nitrogen and oxygen atoms in total. The Hall–Kier alpha value is -1.06. The largest absolute Gasteiger partial charge is 0.508 e. The summed E-state index contributed by atoms with van der Waals surface area (Å²) in [5.41, 5.74) is 3.14. The molecule has 0 saturated carbocycles. The Morgan fingerprint density at radius 3 is 2.77 bits per heavy atom. The van der Waals surface area contributed by atoms with E-state index in [0.717, 1.165) is 25.9 Å². The fraction of sp³-hybridized carbons (Fsp3) is 0.684. The van der Waals surface area contributed by atoms with Crippen LogP contribution < -0.4 is 0 Å². The Balaban J connectivity index is 2.02. The summed E-state index contributed by atoms with van der Waals surface area (Å²) in [6, 6.07) is 6.47. The molecule has 0 spiro atoms. The van der Waals surface area contributed by atoms with Gasteiger partial charge in [0.2, 0.25) is 0 Å². The van der Waals surface area contributed by atoms with E-state index in [-0.39, 0.29) is 16.9 Å². The van der Waals surface area contributed by atoms with Crippen LogP contribution in [0.15, 0.2) is 18.2 Å². The van der Waals surface area contributed by atoms with Crippen molar-refractivity contribution in [3.63, 3.8) is 0 Å². The lowest BCUT2D eigenvalue weighted by molar-refractivity contribution is -0.0568. The van der Waals surface area contributed by atoms with Crippen LogP contribution in [-0.2, 0) is 16.6 Å². The maximum atomic E-state index is 9.88. The Kier molecular flexibility index (Phi) is 3.77. The van der Waals surface area contributed by atoms with E-state index in [1.807, 2.05) is 12.1 Å². The van der Waals surface area contributed by atoms with Crippen molar-refractivity contribution in [2.75, 3.05) is 20.2 Å². The number of methoxy groups -OCH3 is 1. The highest BCUT2D eigenvalue weighted by atomic mass is 16.5. The van der Waals surface area contributed by atoms with Gasteiger partial charge in [-0.1, -0.05) is 26.8 Å². The van der Waals surface area contributed by atoms with Crippen LogP contribution in [-0.4, -0.2) is 42.4 Å². The number of rotatable bonds is 3. The van der Waals surface area contributed by atoms with Crippen molar-refractivity contribution in [2.45, 2.75) is 58.1 Å². The first-order chi connectivity index (χ1) is 10.3. The molecule has 2 aliphatic rings. The van der Waals surface area contributed by atoms with Crippen molar-refractivity contribution in [3.05, 3.63) is 29.3 Å². The normalized spacial score (nSPS) is 31.6. The van der Waals surface area contributed by atoms with Gasteiger partial charge in [0, 0.05) is 25.1 Å². The minimum absolute atomic E-state index is 0.172. The van der Waals surface area contributed by atoms with Crippen LogP contribution in [0.1, 0.15) is 45.2 Å². The summed E-state index contributed by atoms with van der Waals surface area (Å²) in [7, 11) is 1.79. The minimum atomic E-state index is 0.172. The molecule has 1 N–H and O–H groups in total. The number of nitrogens with zero attached hydrogens (tertiary/aromatic N) is 1. The van der Waals surface area contributed by atoms with Gasteiger partial charge in [-0.2, -0.15) is 0 Å². The predicted octanol–water partition coefficient (Wildman–Crippen LogP) is 3.34. The maximum Gasteiger partial charge on any atom is 0.115 e. The van der Waals surface area contributed by atoms with E-state index in [1.165, 1.54) is 11.1 Å². The molecule has 1 aliphatic heterocycles. The first-order valence-electron chi connectivity index (χ1n) is 8.39. The first kappa shape index (κ1) is 15.8. The molecule has 22 heavy (non-hydrogen) atoms. The summed E-state index contributed by atoms with van der Waals surface area (Å²) >= 11 is 0. The molecule has 0 radical (unpaired) electrons. The third-order valence-corrected chi connectivity index (χ3v) is 6.59. The topological polar surface area (TPSA) is 32.7 Å². The molecule has 0 aromatic heterocycles. The third-order valence-electron chi connectivity index (χ3n) is 6.59. The van der Waals surface area contributed by atoms with Crippen LogP contribution in [0.4, 0.5) is 0 Å². The SMILES string of the molecule is CO[C@@H](C)CN1CC[C@@]2(C)c3ccc(O)cc3C[C@H]1C2(C)C. The Morgan fingerprint density at radius 2 is 2.09 bits per heavy atom. The number of piperidine rings is 1. The second kappa shape index (κ2) is 5.24. The van der Waals surface area contributed by atoms with Gasteiger partial charge in [-0.15, -0.1) is 0 Å². The summed E-state index contributed by atoms with van der Waals surface area (Å²) in [6.45, 7) is 11.5. The fourth-order valence-electron chi connectivity index (χ4n) is 4.65. The Morgan fingerprint density at radius 1 is 1.36 bits per heavy atom. The summed E-state index contributed by atoms with van der Waals surface area (Å²) < 4.78 is 5.49. The molecular formula is C19H29NO2. The zero-order valence-corrected chi connectivity index (χ0v) is 14.5. The average molecular weight is 303 g/mol. The van der Waals surface area contributed by atoms with Crippen LogP contribution in [0.2, 0.25) is 0 Å². The highest BCUT2D eigenvalue weighted by Crippen LogP contribution is 2.56. The molecule has 3 rings (SSSR count). The first-order valence-corrected chi connectivity index (χ1v) is 8.39. The van der Waals surface area contributed by atoms with Gasteiger partial charge in [-0.25, -0.2) is 0 Å². The Labute approximate surface area is 134 Å². The monoisotopic (exact) mass is 303 g/mol. The number of aromatic hydroxyl groups is 1. The summed E-state index contributed by atoms with van der Waals surface area (Å²) in [5, 5.41) is 9.88. The van der Waals surface area contributed by atoms with E-state index in [1.54, 1.807) is 7.11 Å². The lowest BCUT2D eigenvalue weighted by Crippen LogP contribution is -2.64. The highest BCUT2D eigenvalue weighted by Gasteiger charge is 2.55. The van der Waals surface area contributed by atoms with Crippen LogP contribution in [0.3, 0.4) is 0 Å².